The third-order valence-electron chi connectivity index (χ3n) is 5.32. The van der Waals surface area contributed by atoms with Crippen LogP contribution in [0.1, 0.15) is 27.1 Å². The number of nitrogens with zero attached hydrogens (tertiary/aromatic N) is 3. The first-order valence-electron chi connectivity index (χ1n) is 9.38. The van der Waals surface area contributed by atoms with Crippen LogP contribution in [0, 0.1) is 11.6 Å². The van der Waals surface area contributed by atoms with E-state index in [0.29, 0.717) is 26.2 Å². The first kappa shape index (κ1) is 19.0. The fraction of sp³-hybridized carbons (Fsp3) is 0.286. The zero-order valence-corrected chi connectivity index (χ0v) is 15.6. The molecule has 0 aromatic heterocycles. The third kappa shape index (κ3) is 3.57. The Morgan fingerprint density at radius 3 is 2.24 bits per heavy atom. The van der Waals surface area contributed by atoms with Crippen LogP contribution in [0.5, 0.6) is 0 Å². The Balaban J connectivity index is 1.32. The maximum absolute atomic E-state index is 13.9. The summed E-state index contributed by atoms with van der Waals surface area (Å²) >= 11 is 0. The molecule has 6 nitrogen and oxygen atoms in total. The Labute approximate surface area is 166 Å². The van der Waals surface area contributed by atoms with Gasteiger partial charge in [0, 0.05) is 44.8 Å². The highest BCUT2D eigenvalue weighted by atomic mass is 19.1. The van der Waals surface area contributed by atoms with Gasteiger partial charge in [0.05, 0.1) is 11.1 Å². The molecule has 1 fully saturated rings. The van der Waals surface area contributed by atoms with Crippen molar-refractivity contribution in [2.75, 3.05) is 37.6 Å². The van der Waals surface area contributed by atoms with Crippen LogP contribution in [-0.4, -0.2) is 60.2 Å². The van der Waals surface area contributed by atoms with Crippen LogP contribution < -0.4 is 4.90 Å². The molecule has 29 heavy (non-hydrogen) atoms. The summed E-state index contributed by atoms with van der Waals surface area (Å²) in [5, 5.41) is 0. The minimum absolute atomic E-state index is 0.0103. The summed E-state index contributed by atoms with van der Waals surface area (Å²) in [5.41, 5.74) is 0.708. The number of amides is 3. The third-order valence-corrected chi connectivity index (χ3v) is 5.32. The summed E-state index contributed by atoms with van der Waals surface area (Å²) in [6, 6.07) is 10.1. The van der Waals surface area contributed by atoms with Crippen molar-refractivity contribution in [2.24, 2.45) is 0 Å². The van der Waals surface area contributed by atoms with Crippen molar-refractivity contribution in [3.8, 4) is 0 Å². The van der Waals surface area contributed by atoms with Crippen molar-refractivity contribution in [3.63, 3.8) is 0 Å². The number of piperazine rings is 1. The maximum atomic E-state index is 13.9. The summed E-state index contributed by atoms with van der Waals surface area (Å²) in [4.78, 5) is 41.9. The number of benzene rings is 2. The minimum Gasteiger partial charge on any atom is -0.368 e. The lowest BCUT2D eigenvalue weighted by atomic mass is 10.1. The smallest absolute Gasteiger partial charge is 0.264 e. The predicted molar refractivity (Wildman–Crippen MR) is 102 cm³/mol. The molecule has 8 heteroatoms. The van der Waals surface area contributed by atoms with Gasteiger partial charge in [0.2, 0.25) is 5.91 Å². The normalized spacial score (nSPS) is 16.4. The Morgan fingerprint density at radius 2 is 1.59 bits per heavy atom. The zero-order valence-electron chi connectivity index (χ0n) is 15.6. The predicted octanol–water partition coefficient (Wildman–Crippen LogP) is 2.30. The van der Waals surface area contributed by atoms with E-state index in [9.17, 15) is 23.2 Å². The average Bonchev–Trinajstić information content (AvgIpc) is 2.98. The summed E-state index contributed by atoms with van der Waals surface area (Å²) in [7, 11) is 0. The summed E-state index contributed by atoms with van der Waals surface area (Å²) in [6.07, 6.45) is -0.0103. The van der Waals surface area contributed by atoms with Crippen LogP contribution in [0.4, 0.5) is 14.5 Å². The Kier molecular flexibility index (Phi) is 5.00. The fourth-order valence-electron chi connectivity index (χ4n) is 3.73. The molecule has 0 aliphatic carbocycles. The Hall–Kier alpha value is -3.29. The van der Waals surface area contributed by atoms with E-state index in [-0.39, 0.29) is 35.8 Å². The second kappa shape index (κ2) is 7.62. The van der Waals surface area contributed by atoms with Gasteiger partial charge >= 0.3 is 0 Å². The lowest BCUT2D eigenvalue weighted by Crippen LogP contribution is -2.49. The van der Waals surface area contributed by atoms with Crippen molar-refractivity contribution >= 4 is 23.4 Å². The fourth-order valence-corrected chi connectivity index (χ4v) is 3.73. The molecule has 0 unspecified atom stereocenters. The average molecular weight is 399 g/mol. The van der Waals surface area contributed by atoms with E-state index in [1.54, 1.807) is 17.0 Å². The van der Waals surface area contributed by atoms with Gasteiger partial charge in [0.1, 0.15) is 11.6 Å². The molecule has 0 atom stereocenters. The van der Waals surface area contributed by atoms with Crippen LogP contribution >= 0.6 is 0 Å². The van der Waals surface area contributed by atoms with Crippen LogP contribution in [0.3, 0.4) is 0 Å². The molecule has 2 aliphatic heterocycles. The highest BCUT2D eigenvalue weighted by Crippen LogP contribution is 2.25. The second-order valence-corrected chi connectivity index (χ2v) is 7.02. The van der Waals surface area contributed by atoms with Gasteiger partial charge in [-0.15, -0.1) is 0 Å². The van der Waals surface area contributed by atoms with Gasteiger partial charge in [-0.2, -0.15) is 0 Å². The first-order chi connectivity index (χ1) is 14.0. The van der Waals surface area contributed by atoms with Gasteiger partial charge in [-0.1, -0.05) is 6.07 Å². The number of rotatable bonds is 4. The molecule has 2 heterocycles. The highest BCUT2D eigenvalue weighted by molar-refractivity contribution is 6.21. The number of imide groups is 1. The molecule has 2 aromatic rings. The van der Waals surface area contributed by atoms with Crippen molar-refractivity contribution in [1.29, 1.82) is 0 Å². The molecule has 0 radical (unpaired) electrons. The molecule has 0 saturated carbocycles. The topological polar surface area (TPSA) is 60.9 Å². The molecule has 4 rings (SSSR count). The monoisotopic (exact) mass is 399 g/mol. The van der Waals surface area contributed by atoms with Crippen molar-refractivity contribution in [2.45, 2.75) is 6.42 Å². The summed E-state index contributed by atoms with van der Waals surface area (Å²) in [5.74, 6) is -2.46. The van der Waals surface area contributed by atoms with Gasteiger partial charge in [-0.05, 0) is 36.4 Å². The Morgan fingerprint density at radius 1 is 0.897 bits per heavy atom. The lowest BCUT2D eigenvalue weighted by Gasteiger charge is -2.36. The largest absolute Gasteiger partial charge is 0.368 e. The van der Waals surface area contributed by atoms with Crippen LogP contribution in [-0.2, 0) is 4.79 Å². The van der Waals surface area contributed by atoms with Crippen LogP contribution in [0.15, 0.2) is 42.5 Å². The Bertz CT molecular complexity index is 970. The number of anilines is 1. The zero-order chi connectivity index (χ0) is 20.5. The standard InChI is InChI=1S/C21H19F2N3O3/c22-14-4-6-15(7-5-14)24-10-12-25(13-11-24)18(27)8-9-26-20(28)16-2-1-3-17(23)19(16)21(26)29/h1-7H,8-13H2. The second-order valence-electron chi connectivity index (χ2n) is 7.02. The molecule has 2 aliphatic rings. The number of fused-ring (bicyclic) bond motifs is 1. The van der Waals surface area contributed by atoms with Crippen molar-refractivity contribution < 1.29 is 23.2 Å². The number of hydrogen-bond acceptors (Lipinski definition) is 4. The molecule has 0 bridgehead atoms. The number of hydrogen-bond donors (Lipinski definition) is 0. The van der Waals surface area contributed by atoms with E-state index < -0.39 is 17.6 Å². The molecule has 1 saturated heterocycles. The number of halogens is 2. The van der Waals surface area contributed by atoms with Crippen molar-refractivity contribution in [3.05, 3.63) is 65.2 Å². The van der Waals surface area contributed by atoms with Crippen molar-refractivity contribution in [1.82, 2.24) is 9.80 Å². The molecular formula is C21H19F2N3O3. The molecule has 0 spiro atoms. The number of carbonyl (C=O) groups is 3. The van der Waals surface area contributed by atoms with Gasteiger partial charge < -0.3 is 9.80 Å². The van der Waals surface area contributed by atoms with E-state index >= 15 is 0 Å². The van der Waals surface area contributed by atoms with E-state index in [0.717, 1.165) is 16.7 Å². The first-order valence-corrected chi connectivity index (χ1v) is 9.38. The van der Waals surface area contributed by atoms with Crippen LogP contribution in [0.2, 0.25) is 0 Å². The quantitative estimate of drug-likeness (QED) is 0.741. The summed E-state index contributed by atoms with van der Waals surface area (Å²) in [6.45, 7) is 2.12. The van der Waals surface area contributed by atoms with Gasteiger partial charge in [-0.25, -0.2) is 8.78 Å². The number of carbonyl (C=O) groups excluding carboxylic acids is 3. The maximum Gasteiger partial charge on any atom is 0.264 e. The van der Waals surface area contributed by atoms with Gasteiger partial charge in [-0.3, -0.25) is 19.3 Å². The molecule has 150 valence electrons. The summed E-state index contributed by atoms with van der Waals surface area (Å²) < 4.78 is 26.9. The van der Waals surface area contributed by atoms with E-state index in [4.69, 9.17) is 0 Å². The van der Waals surface area contributed by atoms with E-state index in [2.05, 4.69) is 4.90 Å². The molecule has 0 N–H and O–H groups in total. The SMILES string of the molecule is O=C(CCN1C(=O)c2cccc(F)c2C1=O)N1CCN(c2ccc(F)cc2)CC1. The molecule has 3 amide bonds. The highest BCUT2D eigenvalue weighted by Gasteiger charge is 2.38. The lowest BCUT2D eigenvalue weighted by molar-refractivity contribution is -0.131. The minimum atomic E-state index is -0.730. The van der Waals surface area contributed by atoms with Crippen LogP contribution in [0.25, 0.3) is 0 Å². The van der Waals surface area contributed by atoms with Gasteiger partial charge in [0.25, 0.3) is 11.8 Å². The van der Waals surface area contributed by atoms with E-state index in [1.165, 1.54) is 24.3 Å². The molecule has 2 aromatic carbocycles. The molecular weight excluding hydrogens is 380 g/mol. The van der Waals surface area contributed by atoms with E-state index in [1.807, 2.05) is 0 Å². The van der Waals surface area contributed by atoms with Gasteiger partial charge in [0.15, 0.2) is 0 Å².